The highest BCUT2D eigenvalue weighted by Gasteiger charge is 2.27. The maximum Gasteiger partial charge on any atom is 0.319 e. The Kier molecular flexibility index (Phi) is 5.43. The number of hydrogen-bond acceptors (Lipinski definition) is 3. The Labute approximate surface area is 142 Å². The van der Waals surface area contributed by atoms with Crippen LogP contribution in [0.15, 0.2) is 48.7 Å². The third-order valence-electron chi connectivity index (χ3n) is 4.25. The largest absolute Gasteiger partial charge is 0.373 e. The average Bonchev–Trinajstić information content (AvgIpc) is 2.61. The van der Waals surface area contributed by atoms with Crippen LogP contribution in [0.5, 0.6) is 0 Å². The van der Waals surface area contributed by atoms with Gasteiger partial charge in [0.1, 0.15) is 0 Å². The second kappa shape index (κ2) is 7.93. The van der Waals surface area contributed by atoms with Crippen LogP contribution < -0.4 is 10.6 Å². The summed E-state index contributed by atoms with van der Waals surface area (Å²) in [6.45, 7) is 3.26. The molecule has 2 atom stereocenters. The lowest BCUT2D eigenvalue weighted by Gasteiger charge is -2.32. The maximum atomic E-state index is 12.1. The summed E-state index contributed by atoms with van der Waals surface area (Å²) in [5.41, 5.74) is 2.80. The van der Waals surface area contributed by atoms with E-state index in [0.29, 0.717) is 6.54 Å². The highest BCUT2D eigenvalue weighted by atomic mass is 16.5. The fourth-order valence-electron chi connectivity index (χ4n) is 3.09. The molecule has 1 aromatic heterocycles. The fraction of sp³-hybridized carbons (Fsp3) is 0.368. The number of rotatable bonds is 4. The van der Waals surface area contributed by atoms with Crippen molar-refractivity contribution in [2.24, 2.45) is 5.92 Å². The van der Waals surface area contributed by atoms with E-state index in [4.69, 9.17) is 4.74 Å². The highest BCUT2D eigenvalue weighted by Crippen LogP contribution is 2.33. The minimum atomic E-state index is -0.196. The lowest BCUT2D eigenvalue weighted by molar-refractivity contribution is -0.0268. The zero-order valence-corrected chi connectivity index (χ0v) is 13.9. The summed E-state index contributed by atoms with van der Waals surface area (Å²) in [6.07, 6.45) is 3.81. The van der Waals surface area contributed by atoms with Crippen LogP contribution in [-0.4, -0.2) is 24.2 Å². The number of hydrogen-bond donors (Lipinski definition) is 2. The van der Waals surface area contributed by atoms with E-state index in [1.165, 1.54) is 5.56 Å². The number of nitrogens with one attached hydrogen (secondary N) is 2. The van der Waals surface area contributed by atoms with Gasteiger partial charge in [0, 0.05) is 36.6 Å². The number of ether oxygens (including phenoxy) is 1. The summed E-state index contributed by atoms with van der Waals surface area (Å²) in [5.74, 6) is 0.283. The number of urea groups is 1. The second-order valence-corrected chi connectivity index (χ2v) is 6.13. The van der Waals surface area contributed by atoms with Crippen LogP contribution in [0.3, 0.4) is 0 Å². The number of anilines is 1. The van der Waals surface area contributed by atoms with Gasteiger partial charge in [-0.05, 0) is 37.5 Å². The van der Waals surface area contributed by atoms with Crippen molar-refractivity contribution in [3.05, 3.63) is 59.9 Å². The quantitative estimate of drug-likeness (QED) is 0.901. The van der Waals surface area contributed by atoms with E-state index in [2.05, 4.69) is 27.8 Å². The molecule has 0 unspecified atom stereocenters. The zero-order chi connectivity index (χ0) is 16.8. The molecule has 1 saturated heterocycles. The van der Waals surface area contributed by atoms with Gasteiger partial charge in [0.05, 0.1) is 6.10 Å². The van der Waals surface area contributed by atoms with Crippen LogP contribution in [0.25, 0.3) is 0 Å². The first-order chi connectivity index (χ1) is 11.7. The molecule has 2 amide bonds. The Bertz CT molecular complexity index is 675. The van der Waals surface area contributed by atoms with Gasteiger partial charge >= 0.3 is 6.03 Å². The van der Waals surface area contributed by atoms with Gasteiger partial charge in [-0.1, -0.05) is 30.3 Å². The third-order valence-corrected chi connectivity index (χ3v) is 4.25. The molecule has 0 spiro atoms. The lowest BCUT2D eigenvalue weighted by Crippen LogP contribution is -2.37. The van der Waals surface area contributed by atoms with E-state index in [1.807, 2.05) is 31.2 Å². The molecule has 0 saturated carbocycles. The van der Waals surface area contributed by atoms with Gasteiger partial charge in [-0.2, -0.15) is 0 Å². The molecule has 0 radical (unpaired) electrons. The molecule has 3 rings (SSSR count). The summed E-state index contributed by atoms with van der Waals surface area (Å²) < 4.78 is 5.96. The molecule has 1 aromatic carbocycles. The summed E-state index contributed by atoms with van der Waals surface area (Å²) in [6, 6.07) is 13.7. The molecule has 1 aliphatic heterocycles. The SMILES string of the molecule is Cc1cc(NC(=O)NC[C@H]2CCCO[C@@H]2c2ccccc2)ccn1. The topological polar surface area (TPSA) is 63.2 Å². The number of amides is 2. The summed E-state index contributed by atoms with van der Waals surface area (Å²) in [5, 5.41) is 5.82. The summed E-state index contributed by atoms with van der Waals surface area (Å²) >= 11 is 0. The minimum absolute atomic E-state index is 0.0448. The number of aryl methyl sites for hydroxylation is 1. The summed E-state index contributed by atoms with van der Waals surface area (Å²) in [4.78, 5) is 16.2. The molecule has 2 aromatic rings. The van der Waals surface area contributed by atoms with Crippen LogP contribution in [0.1, 0.15) is 30.2 Å². The molecule has 2 N–H and O–H groups in total. The molecule has 24 heavy (non-hydrogen) atoms. The number of aromatic nitrogens is 1. The molecule has 5 nitrogen and oxygen atoms in total. The fourth-order valence-corrected chi connectivity index (χ4v) is 3.09. The van der Waals surface area contributed by atoms with Gasteiger partial charge in [-0.15, -0.1) is 0 Å². The van der Waals surface area contributed by atoms with Crippen LogP contribution in [-0.2, 0) is 4.74 Å². The summed E-state index contributed by atoms with van der Waals surface area (Å²) in [7, 11) is 0. The van der Waals surface area contributed by atoms with Gasteiger partial charge in [-0.3, -0.25) is 4.98 Å². The molecule has 1 aliphatic rings. The van der Waals surface area contributed by atoms with E-state index in [-0.39, 0.29) is 18.1 Å². The number of carbonyl (C=O) groups excluding carboxylic acids is 1. The standard InChI is InChI=1S/C19H23N3O2/c1-14-12-17(9-10-20-14)22-19(23)21-13-16-8-5-11-24-18(16)15-6-3-2-4-7-15/h2-4,6-7,9-10,12,16,18H,5,8,11,13H2,1H3,(H2,20,21,22,23)/t16-,18-/m1/s1. The van der Waals surface area contributed by atoms with Crippen molar-refractivity contribution in [3.63, 3.8) is 0 Å². The van der Waals surface area contributed by atoms with E-state index in [0.717, 1.165) is 30.8 Å². The van der Waals surface area contributed by atoms with E-state index < -0.39 is 0 Å². The van der Waals surface area contributed by atoms with Crippen molar-refractivity contribution >= 4 is 11.7 Å². The number of nitrogens with zero attached hydrogens (tertiary/aromatic N) is 1. The predicted molar refractivity (Wildman–Crippen MR) is 93.9 cm³/mol. The minimum Gasteiger partial charge on any atom is -0.373 e. The maximum absolute atomic E-state index is 12.1. The van der Waals surface area contributed by atoms with Gasteiger partial charge in [0.15, 0.2) is 0 Å². The van der Waals surface area contributed by atoms with E-state index in [9.17, 15) is 4.79 Å². The number of benzene rings is 1. The predicted octanol–water partition coefficient (Wildman–Crippen LogP) is 3.68. The number of carbonyl (C=O) groups is 1. The van der Waals surface area contributed by atoms with Crippen molar-refractivity contribution in [1.82, 2.24) is 10.3 Å². The monoisotopic (exact) mass is 325 g/mol. The molecular formula is C19H23N3O2. The first kappa shape index (κ1) is 16.5. The first-order valence-corrected chi connectivity index (χ1v) is 8.36. The van der Waals surface area contributed by atoms with Crippen LogP contribution in [0, 0.1) is 12.8 Å². The van der Waals surface area contributed by atoms with Crippen LogP contribution in [0.4, 0.5) is 10.5 Å². The normalized spacial score (nSPS) is 20.4. The average molecular weight is 325 g/mol. The van der Waals surface area contributed by atoms with Crippen molar-refractivity contribution in [1.29, 1.82) is 0 Å². The molecular weight excluding hydrogens is 302 g/mol. The molecule has 2 heterocycles. The van der Waals surface area contributed by atoms with Gasteiger partial charge < -0.3 is 15.4 Å². The van der Waals surface area contributed by atoms with Gasteiger partial charge in [0.25, 0.3) is 0 Å². The van der Waals surface area contributed by atoms with Crippen molar-refractivity contribution in [3.8, 4) is 0 Å². The zero-order valence-electron chi connectivity index (χ0n) is 13.9. The highest BCUT2D eigenvalue weighted by molar-refractivity contribution is 5.89. The van der Waals surface area contributed by atoms with E-state index >= 15 is 0 Å². The van der Waals surface area contributed by atoms with Crippen LogP contribution in [0.2, 0.25) is 0 Å². The second-order valence-electron chi connectivity index (χ2n) is 6.13. The Morgan fingerprint density at radius 3 is 2.92 bits per heavy atom. The van der Waals surface area contributed by atoms with Gasteiger partial charge in [0.2, 0.25) is 0 Å². The third kappa shape index (κ3) is 4.32. The Morgan fingerprint density at radius 1 is 1.29 bits per heavy atom. The Morgan fingerprint density at radius 2 is 2.12 bits per heavy atom. The molecule has 0 bridgehead atoms. The van der Waals surface area contributed by atoms with E-state index in [1.54, 1.807) is 12.3 Å². The Hall–Kier alpha value is -2.40. The van der Waals surface area contributed by atoms with Crippen molar-refractivity contribution < 1.29 is 9.53 Å². The molecule has 126 valence electrons. The Balaban J connectivity index is 1.57. The molecule has 1 fully saturated rings. The van der Waals surface area contributed by atoms with Crippen molar-refractivity contribution in [2.75, 3.05) is 18.5 Å². The number of pyridine rings is 1. The smallest absolute Gasteiger partial charge is 0.319 e. The van der Waals surface area contributed by atoms with Gasteiger partial charge in [-0.25, -0.2) is 4.79 Å². The van der Waals surface area contributed by atoms with Crippen molar-refractivity contribution in [2.45, 2.75) is 25.9 Å². The first-order valence-electron chi connectivity index (χ1n) is 8.36. The lowest BCUT2D eigenvalue weighted by atomic mass is 9.89. The molecule has 0 aliphatic carbocycles. The van der Waals surface area contributed by atoms with Crippen LogP contribution >= 0.6 is 0 Å². The molecule has 5 heteroatoms.